The maximum absolute atomic E-state index is 13.5. The summed E-state index contributed by atoms with van der Waals surface area (Å²) in [6.07, 6.45) is 1.68. The summed E-state index contributed by atoms with van der Waals surface area (Å²) < 4.78 is 0. The molecule has 7 nitrogen and oxygen atoms in total. The van der Waals surface area contributed by atoms with Crippen LogP contribution < -0.4 is 4.90 Å². The van der Waals surface area contributed by atoms with Crippen LogP contribution in [0.1, 0.15) is 41.4 Å². The van der Waals surface area contributed by atoms with E-state index in [4.69, 9.17) is 0 Å². The molecule has 2 saturated heterocycles. The summed E-state index contributed by atoms with van der Waals surface area (Å²) in [6, 6.07) is 12.7. The number of hydrogen-bond donors (Lipinski definition) is 0. The van der Waals surface area contributed by atoms with Gasteiger partial charge < -0.3 is 0 Å². The van der Waals surface area contributed by atoms with Crippen molar-refractivity contribution in [1.82, 2.24) is 5.01 Å². The highest BCUT2D eigenvalue weighted by atomic mass is 16.2. The predicted octanol–water partition coefficient (Wildman–Crippen LogP) is 2.36. The van der Waals surface area contributed by atoms with E-state index < -0.39 is 29.8 Å². The number of fused-ring (bicyclic) bond motifs is 5. The predicted molar refractivity (Wildman–Crippen MR) is 109 cm³/mol. The summed E-state index contributed by atoms with van der Waals surface area (Å²) in [5.41, 5.74) is 2.68. The van der Waals surface area contributed by atoms with Gasteiger partial charge in [-0.25, -0.2) is 4.90 Å². The molecule has 2 amide bonds. The van der Waals surface area contributed by atoms with E-state index >= 15 is 0 Å². The largest absolute Gasteiger partial charge is 0.298 e. The minimum atomic E-state index is -0.796. The van der Waals surface area contributed by atoms with Crippen molar-refractivity contribution in [2.45, 2.75) is 25.9 Å². The van der Waals surface area contributed by atoms with Crippen LogP contribution >= 0.6 is 0 Å². The molecule has 4 atom stereocenters. The number of benzene rings is 2. The van der Waals surface area contributed by atoms with E-state index in [1.807, 2.05) is 24.3 Å². The van der Waals surface area contributed by atoms with Crippen LogP contribution in [-0.4, -0.2) is 40.6 Å². The van der Waals surface area contributed by atoms with Crippen molar-refractivity contribution >= 4 is 35.3 Å². The third-order valence-electron chi connectivity index (χ3n) is 6.24. The summed E-state index contributed by atoms with van der Waals surface area (Å²) in [7, 11) is 0. The number of imide groups is 1. The summed E-state index contributed by atoms with van der Waals surface area (Å²) >= 11 is 0. The number of hydrogen-bond acceptors (Lipinski definition) is 6. The number of hydrazone groups is 1. The van der Waals surface area contributed by atoms with Gasteiger partial charge >= 0.3 is 0 Å². The summed E-state index contributed by atoms with van der Waals surface area (Å²) in [4.78, 5) is 52.1. The summed E-state index contributed by atoms with van der Waals surface area (Å²) in [5.74, 6) is -2.53. The molecule has 2 fully saturated rings. The number of Topliss-reactive ketones (excluding diaryl/α,β-unsaturated/α-hetero) is 2. The number of carbonyl (C=O) groups is 4. The zero-order valence-corrected chi connectivity index (χ0v) is 16.5. The van der Waals surface area contributed by atoms with Gasteiger partial charge in [-0.05, 0) is 49.2 Å². The first-order valence-corrected chi connectivity index (χ1v) is 9.80. The molecule has 150 valence electrons. The van der Waals surface area contributed by atoms with E-state index in [0.29, 0.717) is 11.3 Å². The van der Waals surface area contributed by atoms with E-state index in [2.05, 4.69) is 5.10 Å². The highest BCUT2D eigenvalue weighted by Gasteiger charge is 2.64. The Bertz CT molecular complexity index is 1140. The monoisotopic (exact) mass is 401 g/mol. The minimum Gasteiger partial charge on any atom is -0.298 e. The molecule has 0 bridgehead atoms. The Morgan fingerprint density at radius 3 is 2.23 bits per heavy atom. The quantitative estimate of drug-likeness (QED) is 0.582. The Kier molecular flexibility index (Phi) is 3.96. The number of carbonyl (C=O) groups excluding carboxylic acids is 4. The van der Waals surface area contributed by atoms with Crippen LogP contribution in [0.3, 0.4) is 0 Å². The van der Waals surface area contributed by atoms with Gasteiger partial charge in [-0.15, -0.1) is 0 Å². The van der Waals surface area contributed by atoms with Crippen LogP contribution in [0.25, 0.3) is 0 Å². The molecule has 3 aliphatic heterocycles. The Morgan fingerprint density at radius 1 is 0.900 bits per heavy atom. The first-order chi connectivity index (χ1) is 14.4. The lowest BCUT2D eigenvalue weighted by molar-refractivity contribution is -0.129. The fourth-order valence-corrected chi connectivity index (χ4v) is 4.92. The van der Waals surface area contributed by atoms with E-state index in [9.17, 15) is 19.2 Å². The molecule has 0 N–H and O–H groups in total. The molecule has 7 heteroatoms. The van der Waals surface area contributed by atoms with Gasteiger partial charge in [0.1, 0.15) is 6.04 Å². The Balaban J connectivity index is 1.60. The number of rotatable bonds is 3. The van der Waals surface area contributed by atoms with Crippen molar-refractivity contribution in [1.29, 1.82) is 0 Å². The molecule has 3 heterocycles. The molecule has 0 unspecified atom stereocenters. The third kappa shape index (κ3) is 2.41. The van der Waals surface area contributed by atoms with Gasteiger partial charge in [-0.1, -0.05) is 24.3 Å². The average molecular weight is 401 g/mol. The second-order valence-electron chi connectivity index (χ2n) is 7.92. The standard InChI is InChI=1S/C23H19N3O4/c1-12(27)14-7-9-16(10-8-14)25-22(29)18-19(23(25)30)21-17-6-4-3-5-15(17)11-24-26(21)20(18)13(2)28/h3-11,18-21H,1-2H3/t18-,19+,20-,21-/m0/s1. The van der Waals surface area contributed by atoms with Crippen LogP contribution in [0, 0.1) is 11.8 Å². The van der Waals surface area contributed by atoms with Gasteiger partial charge in [-0.3, -0.25) is 24.2 Å². The van der Waals surface area contributed by atoms with Crippen molar-refractivity contribution in [2.75, 3.05) is 4.90 Å². The molecule has 0 saturated carbocycles. The third-order valence-corrected chi connectivity index (χ3v) is 6.24. The number of anilines is 1. The summed E-state index contributed by atoms with van der Waals surface area (Å²) in [6.45, 7) is 2.89. The molecule has 0 spiro atoms. The van der Waals surface area contributed by atoms with Gasteiger partial charge in [0.05, 0.1) is 29.8 Å². The molecule has 30 heavy (non-hydrogen) atoms. The van der Waals surface area contributed by atoms with Gasteiger partial charge in [0.15, 0.2) is 11.6 Å². The molecule has 5 rings (SSSR count). The van der Waals surface area contributed by atoms with E-state index in [1.165, 1.54) is 13.8 Å². The zero-order chi connectivity index (χ0) is 21.2. The van der Waals surface area contributed by atoms with E-state index in [-0.39, 0.29) is 17.5 Å². The normalized spacial score (nSPS) is 26.5. The van der Waals surface area contributed by atoms with Crippen molar-refractivity contribution in [3.63, 3.8) is 0 Å². The second kappa shape index (κ2) is 6.45. The van der Waals surface area contributed by atoms with Crippen LogP contribution in [-0.2, 0) is 14.4 Å². The van der Waals surface area contributed by atoms with Gasteiger partial charge in [0.25, 0.3) is 0 Å². The molecule has 0 radical (unpaired) electrons. The molecule has 0 aromatic heterocycles. The van der Waals surface area contributed by atoms with Crippen LogP contribution in [0.2, 0.25) is 0 Å². The zero-order valence-electron chi connectivity index (χ0n) is 16.5. The van der Waals surface area contributed by atoms with Crippen LogP contribution in [0.4, 0.5) is 5.69 Å². The summed E-state index contributed by atoms with van der Waals surface area (Å²) in [5, 5.41) is 6.07. The first-order valence-electron chi connectivity index (χ1n) is 9.80. The van der Waals surface area contributed by atoms with E-state index in [0.717, 1.165) is 16.0 Å². The second-order valence-corrected chi connectivity index (χ2v) is 7.92. The van der Waals surface area contributed by atoms with E-state index in [1.54, 1.807) is 35.5 Å². The Hall–Kier alpha value is -3.61. The molecule has 2 aromatic carbocycles. The topological polar surface area (TPSA) is 87.1 Å². The maximum atomic E-state index is 13.5. The smallest absolute Gasteiger partial charge is 0.240 e. The van der Waals surface area contributed by atoms with Gasteiger partial charge in [-0.2, -0.15) is 5.10 Å². The lowest BCUT2D eigenvalue weighted by Gasteiger charge is -2.33. The highest BCUT2D eigenvalue weighted by molar-refractivity contribution is 6.24. The minimum absolute atomic E-state index is 0.0959. The van der Waals surface area contributed by atoms with Crippen LogP contribution in [0.5, 0.6) is 0 Å². The fourth-order valence-electron chi connectivity index (χ4n) is 4.92. The first kappa shape index (κ1) is 18.4. The molecule has 3 aliphatic rings. The Labute approximate surface area is 173 Å². The molecule has 0 aliphatic carbocycles. The lowest BCUT2D eigenvalue weighted by Crippen LogP contribution is -2.43. The molecule has 2 aromatic rings. The molecular formula is C23H19N3O4. The number of nitrogens with zero attached hydrogens (tertiary/aromatic N) is 3. The van der Waals surface area contributed by atoms with Crippen LogP contribution in [0.15, 0.2) is 53.6 Å². The van der Waals surface area contributed by atoms with Crippen molar-refractivity contribution < 1.29 is 19.2 Å². The highest BCUT2D eigenvalue weighted by Crippen LogP contribution is 2.52. The van der Waals surface area contributed by atoms with Crippen molar-refractivity contribution in [3.05, 3.63) is 65.2 Å². The van der Waals surface area contributed by atoms with Gasteiger partial charge in [0, 0.05) is 5.56 Å². The van der Waals surface area contributed by atoms with Crippen molar-refractivity contribution in [2.24, 2.45) is 16.9 Å². The molecular weight excluding hydrogens is 382 g/mol. The fraction of sp³-hybridized carbons (Fsp3) is 0.261. The van der Waals surface area contributed by atoms with Crippen molar-refractivity contribution in [3.8, 4) is 0 Å². The Morgan fingerprint density at radius 2 is 1.57 bits per heavy atom. The average Bonchev–Trinajstić information content (AvgIpc) is 3.21. The maximum Gasteiger partial charge on any atom is 0.240 e. The van der Waals surface area contributed by atoms with Gasteiger partial charge in [0.2, 0.25) is 11.8 Å². The number of amides is 2. The lowest BCUT2D eigenvalue weighted by atomic mass is 9.84. The SMILES string of the molecule is CC(=O)c1ccc(N2C(=O)[C@@H]3[C@H](C2=O)[C@H](C(C)=O)N2N=Cc4ccccc4[C@@H]32)cc1. The number of ketones is 2.